The van der Waals surface area contributed by atoms with Gasteiger partial charge in [-0.1, -0.05) is 24.3 Å². The van der Waals surface area contributed by atoms with Crippen LogP contribution in [0.3, 0.4) is 0 Å². The van der Waals surface area contributed by atoms with Crippen LogP contribution in [0.25, 0.3) is 10.6 Å². The fourth-order valence-electron chi connectivity index (χ4n) is 4.17. The molecule has 162 valence electrons. The average Bonchev–Trinajstić information content (AvgIpc) is 3.09. The predicted molar refractivity (Wildman–Crippen MR) is 116 cm³/mol. The van der Waals surface area contributed by atoms with E-state index in [2.05, 4.69) is 22.2 Å². The molecule has 0 radical (unpaired) electrons. The molecule has 2 heterocycles. The number of carbonyl (C=O) groups is 1. The van der Waals surface area contributed by atoms with Gasteiger partial charge in [-0.3, -0.25) is 9.78 Å². The normalized spacial score (nSPS) is 21.1. The molecular weight excluding hydrogens is 422 g/mol. The van der Waals surface area contributed by atoms with Crippen LogP contribution in [0.5, 0.6) is 0 Å². The van der Waals surface area contributed by atoms with Crippen LogP contribution in [-0.2, 0) is 0 Å². The van der Waals surface area contributed by atoms with Crippen molar-refractivity contribution in [2.75, 3.05) is 11.1 Å². The van der Waals surface area contributed by atoms with E-state index in [0.29, 0.717) is 18.0 Å². The number of anilines is 2. The topological polar surface area (TPSA) is 101 Å². The fourth-order valence-corrected chi connectivity index (χ4v) is 5.05. The lowest BCUT2D eigenvalue weighted by Gasteiger charge is -2.31. The van der Waals surface area contributed by atoms with Crippen LogP contribution in [0.4, 0.5) is 19.5 Å². The van der Waals surface area contributed by atoms with E-state index in [4.69, 9.17) is 5.73 Å². The van der Waals surface area contributed by atoms with Gasteiger partial charge in [-0.15, -0.1) is 0 Å². The van der Waals surface area contributed by atoms with Crippen LogP contribution in [0.2, 0.25) is 0 Å². The molecule has 1 aliphatic carbocycles. The van der Waals surface area contributed by atoms with Crippen molar-refractivity contribution in [2.24, 2.45) is 5.92 Å². The molecule has 1 saturated carbocycles. The number of benzene rings is 1. The van der Waals surface area contributed by atoms with Crippen LogP contribution in [0.15, 0.2) is 36.7 Å². The number of aliphatic hydroxyl groups is 1. The summed E-state index contributed by atoms with van der Waals surface area (Å²) in [6.45, 7) is 2.09. The van der Waals surface area contributed by atoms with Crippen molar-refractivity contribution in [1.82, 2.24) is 9.97 Å². The van der Waals surface area contributed by atoms with Crippen LogP contribution in [-0.4, -0.2) is 27.1 Å². The van der Waals surface area contributed by atoms with Gasteiger partial charge in [0.2, 0.25) is 0 Å². The minimum atomic E-state index is -0.778. The third kappa shape index (κ3) is 4.42. The Morgan fingerprint density at radius 2 is 1.97 bits per heavy atom. The maximum absolute atomic E-state index is 14.1. The first-order chi connectivity index (χ1) is 14.8. The van der Waals surface area contributed by atoms with Crippen LogP contribution in [0, 0.1) is 17.6 Å². The average molecular weight is 445 g/mol. The van der Waals surface area contributed by atoms with Crippen molar-refractivity contribution in [2.45, 2.75) is 38.2 Å². The quantitative estimate of drug-likeness (QED) is 0.547. The molecule has 3 aromatic rings. The van der Waals surface area contributed by atoms with Gasteiger partial charge in [-0.05, 0) is 54.9 Å². The maximum atomic E-state index is 14.1. The van der Waals surface area contributed by atoms with Crippen LogP contribution >= 0.6 is 11.3 Å². The van der Waals surface area contributed by atoms with Gasteiger partial charge in [0.25, 0.3) is 5.91 Å². The third-order valence-electron chi connectivity index (χ3n) is 5.51. The van der Waals surface area contributed by atoms with E-state index >= 15 is 0 Å². The van der Waals surface area contributed by atoms with Crippen LogP contribution < -0.4 is 11.1 Å². The summed E-state index contributed by atoms with van der Waals surface area (Å²) in [6, 6.07) is 5.33. The number of nitrogens with zero attached hydrogens (tertiary/aromatic N) is 2. The van der Waals surface area contributed by atoms with E-state index in [1.54, 1.807) is 12.4 Å². The zero-order chi connectivity index (χ0) is 22.1. The molecule has 31 heavy (non-hydrogen) atoms. The lowest BCUT2D eigenvalue weighted by molar-refractivity contribution is 0.0947. The Morgan fingerprint density at radius 1 is 1.23 bits per heavy atom. The van der Waals surface area contributed by atoms with Crippen LogP contribution in [0.1, 0.15) is 48.2 Å². The molecule has 1 fully saturated rings. The van der Waals surface area contributed by atoms with E-state index < -0.39 is 23.6 Å². The van der Waals surface area contributed by atoms with Crippen molar-refractivity contribution < 1.29 is 18.7 Å². The number of hydrogen-bond donors (Lipinski definition) is 3. The monoisotopic (exact) mass is 444 g/mol. The van der Waals surface area contributed by atoms with Crippen molar-refractivity contribution in [3.8, 4) is 10.6 Å². The van der Waals surface area contributed by atoms with Gasteiger partial charge < -0.3 is 16.2 Å². The molecule has 9 heteroatoms. The van der Waals surface area contributed by atoms with E-state index in [9.17, 15) is 18.7 Å². The Kier molecular flexibility index (Phi) is 5.97. The number of thiazole rings is 1. The number of rotatable bonds is 4. The molecule has 0 aliphatic heterocycles. The number of aliphatic hydroxyl groups excluding tert-OH is 1. The number of pyridine rings is 1. The molecule has 0 spiro atoms. The van der Waals surface area contributed by atoms with Gasteiger partial charge in [0.15, 0.2) is 5.69 Å². The standard InChI is InChI=1S/C22H22F2N4O2S/c1-11-7-12(9-13(29)8-11)14-5-6-26-10-17(14)27-21(30)19-20(25)31-22(28-19)18-15(23)3-2-4-16(18)24/h2-6,10-13,29H,7-9,25H2,1H3,(H,27,30). The first-order valence-corrected chi connectivity index (χ1v) is 10.8. The van der Waals surface area contributed by atoms with Gasteiger partial charge in [0.1, 0.15) is 21.6 Å². The lowest BCUT2D eigenvalue weighted by Crippen LogP contribution is -2.25. The molecule has 1 aromatic carbocycles. The summed E-state index contributed by atoms with van der Waals surface area (Å²) < 4.78 is 28.2. The first kappa shape index (κ1) is 21.3. The fraction of sp³-hybridized carbons (Fsp3) is 0.318. The molecule has 4 N–H and O–H groups in total. The Labute approximate surface area is 182 Å². The summed E-state index contributed by atoms with van der Waals surface area (Å²) in [5.74, 6) is -1.71. The second-order valence-electron chi connectivity index (χ2n) is 7.91. The SMILES string of the molecule is CC1CC(O)CC(c2ccncc2NC(=O)c2nc(-c3c(F)cccc3F)sc2N)C1. The molecule has 0 saturated heterocycles. The van der Waals surface area contributed by atoms with Gasteiger partial charge in [-0.2, -0.15) is 0 Å². The Morgan fingerprint density at radius 3 is 2.68 bits per heavy atom. The molecule has 0 bridgehead atoms. The summed E-state index contributed by atoms with van der Waals surface area (Å²) in [6.07, 6.45) is 5.05. The minimum absolute atomic E-state index is 0.00566. The lowest BCUT2D eigenvalue weighted by atomic mass is 9.77. The zero-order valence-corrected chi connectivity index (χ0v) is 17.6. The smallest absolute Gasteiger partial charge is 0.277 e. The number of hydrogen-bond acceptors (Lipinski definition) is 6. The summed E-state index contributed by atoms with van der Waals surface area (Å²) in [5, 5.41) is 13.0. The molecule has 6 nitrogen and oxygen atoms in total. The van der Waals surface area contributed by atoms with E-state index in [1.807, 2.05) is 6.07 Å². The largest absolute Gasteiger partial charge is 0.393 e. The second kappa shape index (κ2) is 8.68. The van der Waals surface area contributed by atoms with Gasteiger partial charge in [0.05, 0.1) is 23.6 Å². The summed E-state index contributed by atoms with van der Waals surface area (Å²) >= 11 is 0.845. The second-order valence-corrected chi connectivity index (χ2v) is 8.94. The molecule has 4 rings (SSSR count). The maximum Gasteiger partial charge on any atom is 0.277 e. The van der Waals surface area contributed by atoms with Crippen molar-refractivity contribution in [1.29, 1.82) is 0 Å². The molecule has 2 aromatic heterocycles. The molecule has 3 unspecified atom stereocenters. The highest BCUT2D eigenvalue weighted by Gasteiger charge is 2.29. The highest BCUT2D eigenvalue weighted by molar-refractivity contribution is 7.19. The number of carbonyl (C=O) groups excluding carboxylic acids is 1. The number of amides is 1. The summed E-state index contributed by atoms with van der Waals surface area (Å²) in [7, 11) is 0. The van der Waals surface area contributed by atoms with Crippen molar-refractivity contribution in [3.05, 3.63) is 59.6 Å². The summed E-state index contributed by atoms with van der Waals surface area (Å²) in [4.78, 5) is 21.1. The number of nitrogens with two attached hydrogens (primary N) is 1. The van der Waals surface area contributed by atoms with Gasteiger partial charge in [0, 0.05) is 6.20 Å². The number of nitrogen functional groups attached to an aromatic ring is 1. The van der Waals surface area contributed by atoms with Crippen molar-refractivity contribution >= 4 is 27.9 Å². The number of nitrogens with one attached hydrogen (secondary N) is 1. The predicted octanol–water partition coefficient (Wildman–Crippen LogP) is 4.58. The highest BCUT2D eigenvalue weighted by atomic mass is 32.1. The molecule has 3 atom stereocenters. The molecule has 1 aliphatic rings. The number of aromatic nitrogens is 2. The first-order valence-electron chi connectivity index (χ1n) is 9.97. The highest BCUT2D eigenvalue weighted by Crippen LogP contribution is 2.39. The zero-order valence-electron chi connectivity index (χ0n) is 16.8. The molecule has 1 amide bonds. The summed E-state index contributed by atoms with van der Waals surface area (Å²) in [5.41, 5.74) is 6.92. The van der Waals surface area contributed by atoms with E-state index in [0.717, 1.165) is 41.9 Å². The van der Waals surface area contributed by atoms with Crippen molar-refractivity contribution in [3.63, 3.8) is 0 Å². The Bertz CT molecular complexity index is 1090. The number of halogens is 2. The third-order valence-corrected chi connectivity index (χ3v) is 6.41. The Balaban J connectivity index is 1.61. The van der Waals surface area contributed by atoms with E-state index in [1.165, 1.54) is 6.07 Å². The Hall–Kier alpha value is -2.91. The van der Waals surface area contributed by atoms with Gasteiger partial charge >= 0.3 is 0 Å². The molecular formula is C22H22F2N4O2S. The van der Waals surface area contributed by atoms with E-state index in [-0.39, 0.29) is 27.2 Å². The minimum Gasteiger partial charge on any atom is -0.393 e. The van der Waals surface area contributed by atoms with Gasteiger partial charge in [-0.25, -0.2) is 13.8 Å².